The van der Waals surface area contributed by atoms with Crippen LogP contribution in [0.1, 0.15) is 29.4 Å². The van der Waals surface area contributed by atoms with Gasteiger partial charge in [-0.15, -0.1) is 0 Å². The summed E-state index contributed by atoms with van der Waals surface area (Å²) in [6, 6.07) is 9.17. The predicted molar refractivity (Wildman–Crippen MR) is 89.3 cm³/mol. The van der Waals surface area contributed by atoms with Crippen LogP contribution in [0, 0.1) is 11.3 Å². The molecular weight excluding hydrogens is 320 g/mol. The minimum Gasteiger partial charge on any atom is -0.493 e. The van der Waals surface area contributed by atoms with Gasteiger partial charge in [-0.05, 0) is 19.1 Å². The van der Waals surface area contributed by atoms with Crippen LogP contribution in [0.4, 0.5) is 0 Å². The van der Waals surface area contributed by atoms with E-state index in [0.29, 0.717) is 37.4 Å². The van der Waals surface area contributed by atoms with E-state index in [1.54, 1.807) is 17.0 Å². The Morgan fingerprint density at radius 3 is 2.96 bits per heavy atom. The van der Waals surface area contributed by atoms with Gasteiger partial charge in [0.1, 0.15) is 17.9 Å². The number of hydrogen-bond donors (Lipinski definition) is 0. The first-order chi connectivity index (χ1) is 12.2. The van der Waals surface area contributed by atoms with Crippen LogP contribution in [0.15, 0.2) is 36.7 Å². The molecule has 25 heavy (non-hydrogen) atoms. The van der Waals surface area contributed by atoms with Gasteiger partial charge in [0.15, 0.2) is 0 Å². The molecule has 1 aliphatic heterocycles. The van der Waals surface area contributed by atoms with Crippen molar-refractivity contribution >= 4 is 5.91 Å². The summed E-state index contributed by atoms with van der Waals surface area (Å²) in [6.45, 7) is 3.39. The molecule has 1 atom stereocenters. The van der Waals surface area contributed by atoms with Gasteiger partial charge < -0.3 is 14.4 Å². The van der Waals surface area contributed by atoms with E-state index >= 15 is 0 Å². The van der Waals surface area contributed by atoms with Crippen molar-refractivity contribution in [2.75, 3.05) is 19.7 Å². The van der Waals surface area contributed by atoms with Gasteiger partial charge in [0.2, 0.25) is 5.69 Å². The Balaban J connectivity index is 1.69. The number of aromatic nitrogens is 2. The van der Waals surface area contributed by atoms with Crippen molar-refractivity contribution in [3.05, 3.63) is 47.9 Å². The van der Waals surface area contributed by atoms with Crippen molar-refractivity contribution in [1.29, 1.82) is 5.26 Å². The molecule has 1 aromatic heterocycles. The summed E-state index contributed by atoms with van der Waals surface area (Å²) in [6.07, 6.45) is 3.38. The minimum atomic E-state index is -0.216. The lowest BCUT2D eigenvalue weighted by molar-refractivity contribution is 0.0767. The van der Waals surface area contributed by atoms with E-state index in [4.69, 9.17) is 14.7 Å². The van der Waals surface area contributed by atoms with Crippen molar-refractivity contribution in [1.82, 2.24) is 14.9 Å². The third-order valence-electron chi connectivity index (χ3n) is 3.90. The minimum absolute atomic E-state index is 0.0881. The molecule has 7 nitrogen and oxygen atoms in total. The van der Waals surface area contributed by atoms with Gasteiger partial charge in [-0.3, -0.25) is 4.79 Å². The van der Waals surface area contributed by atoms with E-state index in [1.165, 1.54) is 12.4 Å². The molecule has 0 bridgehead atoms. The summed E-state index contributed by atoms with van der Waals surface area (Å²) < 4.78 is 11.3. The molecule has 3 rings (SSSR count). The van der Waals surface area contributed by atoms with Crippen molar-refractivity contribution in [3.63, 3.8) is 0 Å². The lowest BCUT2D eigenvalue weighted by Crippen LogP contribution is -2.31. The van der Waals surface area contributed by atoms with Gasteiger partial charge in [-0.2, -0.15) is 5.26 Å². The predicted octanol–water partition coefficient (Wildman–Crippen LogP) is 2.04. The van der Waals surface area contributed by atoms with Crippen molar-refractivity contribution in [3.8, 4) is 17.7 Å². The molecule has 1 aromatic carbocycles. The second-order valence-electron chi connectivity index (χ2n) is 5.53. The number of para-hydroxylation sites is 1. The van der Waals surface area contributed by atoms with Gasteiger partial charge in [-0.1, -0.05) is 12.1 Å². The van der Waals surface area contributed by atoms with Gasteiger partial charge >= 0.3 is 0 Å². The highest BCUT2D eigenvalue weighted by Crippen LogP contribution is 2.24. The number of rotatable bonds is 5. The average Bonchev–Trinajstić information content (AvgIpc) is 3.11. The molecule has 2 aromatic rings. The monoisotopic (exact) mass is 338 g/mol. The van der Waals surface area contributed by atoms with E-state index < -0.39 is 0 Å². The number of nitriles is 1. The van der Waals surface area contributed by atoms with Crippen molar-refractivity contribution in [2.24, 2.45) is 0 Å². The number of ether oxygens (including phenoxy) is 2. The van der Waals surface area contributed by atoms with E-state index in [1.807, 2.05) is 25.1 Å². The lowest BCUT2D eigenvalue weighted by atomic mass is 10.2. The Hall–Kier alpha value is -3.14. The van der Waals surface area contributed by atoms with Crippen LogP contribution in [0.2, 0.25) is 0 Å². The first-order valence-corrected chi connectivity index (χ1v) is 8.11. The fourth-order valence-electron chi connectivity index (χ4n) is 2.75. The Labute approximate surface area is 145 Å². The molecule has 1 saturated heterocycles. The summed E-state index contributed by atoms with van der Waals surface area (Å²) in [5, 5.41) is 9.05. The smallest absolute Gasteiger partial charge is 0.257 e. The zero-order chi connectivity index (χ0) is 17.6. The summed E-state index contributed by atoms with van der Waals surface area (Å²) in [5.41, 5.74) is 0.691. The normalized spacial score (nSPS) is 16.3. The zero-order valence-electron chi connectivity index (χ0n) is 13.9. The van der Waals surface area contributed by atoms with Gasteiger partial charge in [0, 0.05) is 25.4 Å². The number of amides is 1. The molecule has 7 heteroatoms. The van der Waals surface area contributed by atoms with Crippen LogP contribution >= 0.6 is 0 Å². The standard InChI is InChI=1S/C18H18N4O3/c1-2-24-16-6-4-3-5-14(16)18(23)22-10-7-13(12-22)25-17-15(11-19)20-8-9-21-17/h3-6,8-9,13H,2,7,10,12H2,1H3. The first kappa shape index (κ1) is 16.7. The van der Waals surface area contributed by atoms with Gasteiger partial charge in [0.25, 0.3) is 11.8 Å². The van der Waals surface area contributed by atoms with Crippen LogP contribution in [-0.2, 0) is 0 Å². The average molecular weight is 338 g/mol. The molecule has 0 radical (unpaired) electrons. The third kappa shape index (κ3) is 3.69. The highest BCUT2D eigenvalue weighted by atomic mass is 16.5. The molecule has 128 valence electrons. The Bertz CT molecular complexity index is 803. The maximum atomic E-state index is 12.8. The molecule has 1 unspecified atom stereocenters. The van der Waals surface area contributed by atoms with Crippen LogP contribution in [0.25, 0.3) is 0 Å². The van der Waals surface area contributed by atoms with Crippen molar-refractivity contribution in [2.45, 2.75) is 19.4 Å². The Morgan fingerprint density at radius 2 is 2.16 bits per heavy atom. The topological polar surface area (TPSA) is 88.3 Å². The number of nitrogens with zero attached hydrogens (tertiary/aromatic N) is 4. The Morgan fingerprint density at radius 1 is 1.36 bits per heavy atom. The van der Waals surface area contributed by atoms with E-state index in [0.717, 1.165) is 0 Å². The highest BCUT2D eigenvalue weighted by Gasteiger charge is 2.30. The summed E-state index contributed by atoms with van der Waals surface area (Å²) >= 11 is 0. The number of hydrogen-bond acceptors (Lipinski definition) is 6. The number of carbonyl (C=O) groups excluding carboxylic acids is 1. The van der Waals surface area contributed by atoms with E-state index in [2.05, 4.69) is 9.97 Å². The number of carbonyl (C=O) groups is 1. The van der Waals surface area contributed by atoms with Gasteiger partial charge in [-0.25, -0.2) is 9.97 Å². The zero-order valence-corrected chi connectivity index (χ0v) is 13.9. The molecule has 1 amide bonds. The molecule has 2 heterocycles. The maximum absolute atomic E-state index is 12.8. The van der Waals surface area contributed by atoms with Gasteiger partial charge in [0.05, 0.1) is 18.7 Å². The number of benzene rings is 1. The van der Waals surface area contributed by atoms with Crippen LogP contribution in [0.5, 0.6) is 11.6 Å². The van der Waals surface area contributed by atoms with Crippen LogP contribution in [0.3, 0.4) is 0 Å². The van der Waals surface area contributed by atoms with E-state index in [9.17, 15) is 4.79 Å². The molecular formula is C18H18N4O3. The lowest BCUT2D eigenvalue weighted by Gasteiger charge is -2.18. The largest absolute Gasteiger partial charge is 0.493 e. The molecule has 0 aliphatic carbocycles. The maximum Gasteiger partial charge on any atom is 0.257 e. The summed E-state index contributed by atoms with van der Waals surface area (Å²) in [4.78, 5) is 22.5. The summed E-state index contributed by atoms with van der Waals surface area (Å²) in [5.74, 6) is 0.703. The molecule has 0 saturated carbocycles. The van der Waals surface area contributed by atoms with Crippen LogP contribution in [-0.4, -0.2) is 46.6 Å². The van der Waals surface area contributed by atoms with E-state index in [-0.39, 0.29) is 23.6 Å². The number of likely N-dealkylation sites (tertiary alicyclic amines) is 1. The highest BCUT2D eigenvalue weighted by molar-refractivity contribution is 5.97. The second-order valence-corrected chi connectivity index (χ2v) is 5.53. The fourth-order valence-corrected chi connectivity index (χ4v) is 2.75. The summed E-state index contributed by atoms with van der Waals surface area (Å²) in [7, 11) is 0. The molecule has 0 N–H and O–H groups in total. The van der Waals surface area contributed by atoms with Crippen LogP contribution < -0.4 is 9.47 Å². The quantitative estimate of drug-likeness (QED) is 0.829. The Kier molecular flexibility index (Phi) is 5.09. The van der Waals surface area contributed by atoms with Crippen molar-refractivity contribution < 1.29 is 14.3 Å². The third-order valence-corrected chi connectivity index (χ3v) is 3.90. The second kappa shape index (κ2) is 7.62. The first-order valence-electron chi connectivity index (χ1n) is 8.11. The molecule has 0 spiro atoms. The molecule has 1 fully saturated rings. The SMILES string of the molecule is CCOc1ccccc1C(=O)N1CCC(Oc2nccnc2C#N)C1. The fraction of sp³-hybridized carbons (Fsp3) is 0.333. The molecule has 1 aliphatic rings.